The standard InChI is InChI=1S/C14H21N7O2S2/c1-10-12-16-17-13(14-15-11(2)18-24-14)20(12)8-9-21(10)25(22,23)19-6-4-3-5-7-19/h10H,3-9H2,1-2H3/t10-/m1/s1. The Kier molecular flexibility index (Phi) is 4.34. The zero-order valence-electron chi connectivity index (χ0n) is 14.3. The van der Waals surface area contributed by atoms with Crippen LogP contribution in [0, 0.1) is 6.92 Å². The van der Waals surface area contributed by atoms with Crippen LogP contribution in [0.5, 0.6) is 0 Å². The molecule has 2 aliphatic heterocycles. The maximum atomic E-state index is 13.0. The van der Waals surface area contributed by atoms with Crippen LogP contribution in [0.3, 0.4) is 0 Å². The third-order valence-corrected chi connectivity index (χ3v) is 7.70. The molecule has 0 saturated carbocycles. The zero-order chi connectivity index (χ0) is 17.6. The average Bonchev–Trinajstić information content (AvgIpc) is 3.22. The largest absolute Gasteiger partial charge is 0.306 e. The molecule has 25 heavy (non-hydrogen) atoms. The fourth-order valence-electron chi connectivity index (χ4n) is 3.47. The second-order valence-electron chi connectivity index (χ2n) is 6.43. The van der Waals surface area contributed by atoms with E-state index in [4.69, 9.17) is 0 Å². The van der Waals surface area contributed by atoms with Gasteiger partial charge in [-0.25, -0.2) is 4.98 Å². The Labute approximate surface area is 151 Å². The Balaban J connectivity index is 1.64. The van der Waals surface area contributed by atoms with Gasteiger partial charge in [-0.3, -0.25) is 0 Å². The summed E-state index contributed by atoms with van der Waals surface area (Å²) in [6.07, 6.45) is 2.96. The Hall–Kier alpha value is -1.43. The summed E-state index contributed by atoms with van der Waals surface area (Å²) in [4.78, 5) is 4.37. The SMILES string of the molecule is Cc1nsc(-c2nnc3n2CCN(S(=O)(=O)N2CCCCC2)[C@@H]3C)n1. The Morgan fingerprint density at radius 3 is 2.52 bits per heavy atom. The molecule has 1 atom stereocenters. The molecule has 0 unspecified atom stereocenters. The van der Waals surface area contributed by atoms with Crippen molar-refractivity contribution in [3.8, 4) is 10.8 Å². The highest BCUT2D eigenvalue weighted by Crippen LogP contribution is 2.32. The van der Waals surface area contributed by atoms with Crippen molar-refractivity contribution in [1.82, 2.24) is 32.7 Å². The van der Waals surface area contributed by atoms with Crippen LogP contribution in [0.15, 0.2) is 0 Å². The molecule has 2 aromatic heterocycles. The number of rotatable bonds is 3. The van der Waals surface area contributed by atoms with Crippen molar-refractivity contribution in [3.05, 3.63) is 11.6 Å². The van der Waals surface area contributed by atoms with Crippen molar-refractivity contribution in [2.24, 2.45) is 0 Å². The molecular formula is C14H21N7O2S2. The molecule has 1 saturated heterocycles. The van der Waals surface area contributed by atoms with Gasteiger partial charge < -0.3 is 4.57 Å². The van der Waals surface area contributed by atoms with Crippen LogP contribution in [0.25, 0.3) is 10.8 Å². The molecule has 4 heterocycles. The molecule has 0 amide bonds. The summed E-state index contributed by atoms with van der Waals surface area (Å²) in [5, 5.41) is 9.22. The summed E-state index contributed by atoms with van der Waals surface area (Å²) in [7, 11) is -3.47. The van der Waals surface area contributed by atoms with Crippen molar-refractivity contribution in [2.75, 3.05) is 19.6 Å². The average molecular weight is 384 g/mol. The van der Waals surface area contributed by atoms with Crippen LogP contribution in [0.2, 0.25) is 0 Å². The van der Waals surface area contributed by atoms with Crippen LogP contribution in [-0.4, -0.2) is 60.8 Å². The van der Waals surface area contributed by atoms with Gasteiger partial charge in [-0.1, -0.05) is 6.42 Å². The number of piperidine rings is 1. The maximum absolute atomic E-state index is 13.0. The van der Waals surface area contributed by atoms with E-state index < -0.39 is 10.2 Å². The topological polar surface area (TPSA) is 97.1 Å². The number of aromatic nitrogens is 5. The minimum absolute atomic E-state index is 0.351. The molecule has 136 valence electrons. The predicted molar refractivity (Wildman–Crippen MR) is 93.1 cm³/mol. The molecule has 4 rings (SSSR count). The highest BCUT2D eigenvalue weighted by molar-refractivity contribution is 7.86. The van der Waals surface area contributed by atoms with Gasteiger partial charge in [0.15, 0.2) is 16.7 Å². The normalized spacial score (nSPS) is 22.9. The molecule has 0 spiro atoms. The lowest BCUT2D eigenvalue weighted by atomic mass is 10.2. The summed E-state index contributed by atoms with van der Waals surface area (Å²) in [6, 6.07) is -0.351. The van der Waals surface area contributed by atoms with E-state index in [9.17, 15) is 8.42 Å². The Morgan fingerprint density at radius 1 is 1.08 bits per heavy atom. The molecule has 0 N–H and O–H groups in total. The highest BCUT2D eigenvalue weighted by atomic mass is 32.2. The summed E-state index contributed by atoms with van der Waals surface area (Å²) < 4.78 is 35.3. The van der Waals surface area contributed by atoms with E-state index in [1.165, 1.54) is 11.5 Å². The van der Waals surface area contributed by atoms with Crippen LogP contribution in [-0.2, 0) is 16.8 Å². The second-order valence-corrected chi connectivity index (χ2v) is 9.07. The molecule has 9 nitrogen and oxygen atoms in total. The quantitative estimate of drug-likeness (QED) is 0.790. The summed E-state index contributed by atoms with van der Waals surface area (Å²) in [6.45, 7) is 5.85. The molecule has 0 aliphatic carbocycles. The van der Waals surface area contributed by atoms with Crippen molar-refractivity contribution in [3.63, 3.8) is 0 Å². The highest BCUT2D eigenvalue weighted by Gasteiger charge is 2.39. The van der Waals surface area contributed by atoms with Gasteiger partial charge in [0.25, 0.3) is 10.2 Å². The van der Waals surface area contributed by atoms with Crippen LogP contribution in [0.4, 0.5) is 0 Å². The van der Waals surface area contributed by atoms with Gasteiger partial charge in [-0.2, -0.15) is 21.4 Å². The first-order valence-corrected chi connectivity index (χ1v) is 10.7. The van der Waals surface area contributed by atoms with Crippen molar-refractivity contribution in [2.45, 2.75) is 45.7 Å². The third kappa shape index (κ3) is 2.88. The van der Waals surface area contributed by atoms with Gasteiger partial charge in [-0.05, 0) is 38.2 Å². The summed E-state index contributed by atoms with van der Waals surface area (Å²) in [5.74, 6) is 2.03. The molecule has 0 bridgehead atoms. The van der Waals surface area contributed by atoms with Crippen LogP contribution >= 0.6 is 11.5 Å². The number of aryl methyl sites for hydroxylation is 1. The van der Waals surface area contributed by atoms with Gasteiger partial charge >= 0.3 is 0 Å². The lowest BCUT2D eigenvalue weighted by molar-refractivity contribution is 0.240. The van der Waals surface area contributed by atoms with E-state index in [-0.39, 0.29) is 6.04 Å². The third-order valence-electron chi connectivity index (χ3n) is 4.79. The molecule has 2 aliphatic rings. The first-order chi connectivity index (χ1) is 12.0. The minimum atomic E-state index is -3.47. The Bertz CT molecular complexity index is 870. The van der Waals surface area contributed by atoms with E-state index in [1.807, 2.05) is 18.4 Å². The fourth-order valence-corrected chi connectivity index (χ4v) is 5.96. The second kappa shape index (κ2) is 6.38. The number of hydrogen-bond donors (Lipinski definition) is 0. The van der Waals surface area contributed by atoms with Gasteiger partial charge in [-0.15, -0.1) is 10.2 Å². The van der Waals surface area contributed by atoms with Crippen molar-refractivity contribution >= 4 is 21.7 Å². The summed E-state index contributed by atoms with van der Waals surface area (Å²) >= 11 is 1.29. The van der Waals surface area contributed by atoms with E-state index in [1.54, 1.807) is 8.61 Å². The monoisotopic (exact) mass is 383 g/mol. The molecule has 0 radical (unpaired) electrons. The van der Waals surface area contributed by atoms with Gasteiger partial charge in [0.05, 0.1) is 6.04 Å². The number of hydrogen-bond acceptors (Lipinski definition) is 7. The molecular weight excluding hydrogens is 362 g/mol. The Morgan fingerprint density at radius 2 is 1.84 bits per heavy atom. The first-order valence-electron chi connectivity index (χ1n) is 8.49. The van der Waals surface area contributed by atoms with Gasteiger partial charge in [0.2, 0.25) is 0 Å². The van der Waals surface area contributed by atoms with Gasteiger partial charge in [0.1, 0.15) is 5.82 Å². The van der Waals surface area contributed by atoms with Gasteiger partial charge in [0, 0.05) is 26.2 Å². The summed E-state index contributed by atoms with van der Waals surface area (Å²) in [5.41, 5.74) is 0. The molecule has 2 aromatic rings. The van der Waals surface area contributed by atoms with Crippen LogP contribution < -0.4 is 0 Å². The van der Waals surface area contributed by atoms with E-state index in [0.717, 1.165) is 24.3 Å². The lowest BCUT2D eigenvalue weighted by Gasteiger charge is -2.37. The zero-order valence-corrected chi connectivity index (χ0v) is 15.9. The molecule has 11 heteroatoms. The van der Waals surface area contributed by atoms with Crippen molar-refractivity contribution in [1.29, 1.82) is 0 Å². The van der Waals surface area contributed by atoms with E-state index >= 15 is 0 Å². The van der Waals surface area contributed by atoms with E-state index in [0.29, 0.717) is 43.7 Å². The first kappa shape index (κ1) is 17.0. The molecule has 1 fully saturated rings. The number of fused-ring (bicyclic) bond motifs is 1. The van der Waals surface area contributed by atoms with E-state index in [2.05, 4.69) is 19.6 Å². The smallest absolute Gasteiger partial charge is 0.282 e. The van der Waals surface area contributed by atoms with Crippen molar-refractivity contribution < 1.29 is 8.42 Å². The maximum Gasteiger partial charge on any atom is 0.282 e. The number of nitrogens with zero attached hydrogens (tertiary/aromatic N) is 7. The minimum Gasteiger partial charge on any atom is -0.306 e. The fraction of sp³-hybridized carbons (Fsp3) is 0.714. The molecule has 0 aromatic carbocycles. The lowest BCUT2D eigenvalue weighted by Crippen LogP contribution is -2.50. The predicted octanol–water partition coefficient (Wildman–Crippen LogP) is 1.21. The van der Waals surface area contributed by atoms with Crippen LogP contribution in [0.1, 0.15) is 43.9 Å².